The van der Waals surface area contributed by atoms with Gasteiger partial charge in [0.15, 0.2) is 0 Å². The molecule has 1 aliphatic heterocycles. The number of likely N-dealkylation sites (N-methyl/N-ethyl adjacent to an activating group) is 1. The van der Waals surface area contributed by atoms with Gasteiger partial charge < -0.3 is 15.2 Å². The maximum Gasteiger partial charge on any atom is 0.119 e. The number of benzene rings is 1. The third kappa shape index (κ3) is 3.52. The van der Waals surface area contributed by atoms with Crippen LogP contribution in [0.2, 0.25) is 0 Å². The van der Waals surface area contributed by atoms with Crippen LogP contribution < -0.4 is 10.5 Å². The van der Waals surface area contributed by atoms with E-state index in [0.717, 1.165) is 36.3 Å². The molecule has 4 nitrogen and oxygen atoms in total. The minimum Gasteiger partial charge on any atom is -0.497 e. The molecule has 1 atom stereocenters. The molecule has 0 bridgehead atoms. The Balaban J connectivity index is 2.22. The van der Waals surface area contributed by atoms with Crippen molar-refractivity contribution in [3.8, 4) is 5.75 Å². The van der Waals surface area contributed by atoms with Crippen molar-refractivity contribution in [3.63, 3.8) is 0 Å². The van der Waals surface area contributed by atoms with E-state index in [1.54, 1.807) is 7.11 Å². The van der Waals surface area contributed by atoms with Gasteiger partial charge >= 0.3 is 0 Å². The second-order valence-corrected chi connectivity index (χ2v) is 6.00. The zero-order valence-corrected chi connectivity index (χ0v) is 13.7. The molecule has 0 aliphatic carbocycles. The highest BCUT2D eigenvalue weighted by Crippen LogP contribution is 2.32. The van der Waals surface area contributed by atoms with E-state index in [2.05, 4.69) is 33.9 Å². The summed E-state index contributed by atoms with van der Waals surface area (Å²) < 4.78 is 11.8. The van der Waals surface area contributed by atoms with E-state index in [4.69, 9.17) is 15.2 Å². The smallest absolute Gasteiger partial charge is 0.119 e. The maximum atomic E-state index is 6.04. The second-order valence-electron chi connectivity index (χ2n) is 5.15. The summed E-state index contributed by atoms with van der Waals surface area (Å²) >= 11 is 3.63. The Hall–Kier alpha value is -0.620. The Kier molecular flexibility index (Phi) is 5.84. The van der Waals surface area contributed by atoms with Crippen LogP contribution in [0.3, 0.4) is 0 Å². The van der Waals surface area contributed by atoms with Crippen LogP contribution in [0.4, 0.5) is 0 Å². The number of hydrogen-bond donors (Lipinski definition) is 1. The van der Waals surface area contributed by atoms with Crippen molar-refractivity contribution in [2.75, 3.05) is 33.9 Å². The largest absolute Gasteiger partial charge is 0.497 e. The fourth-order valence-electron chi connectivity index (χ4n) is 2.76. The summed E-state index contributed by atoms with van der Waals surface area (Å²) in [5.41, 5.74) is 7.22. The monoisotopic (exact) mass is 342 g/mol. The molecule has 0 radical (unpaired) electrons. The number of rotatable bonds is 5. The fourth-order valence-corrected chi connectivity index (χ4v) is 3.27. The van der Waals surface area contributed by atoms with Gasteiger partial charge in [0, 0.05) is 36.3 Å². The first-order valence-corrected chi connectivity index (χ1v) is 7.80. The lowest BCUT2D eigenvalue weighted by atomic mass is 10.0. The van der Waals surface area contributed by atoms with E-state index < -0.39 is 0 Å². The molecule has 1 saturated heterocycles. The molecule has 1 aromatic rings. The van der Waals surface area contributed by atoms with Gasteiger partial charge in [0.2, 0.25) is 0 Å². The number of ether oxygens (including phenoxy) is 2. The Labute approximate surface area is 129 Å². The summed E-state index contributed by atoms with van der Waals surface area (Å²) in [5.74, 6) is 0.863. The molecular weight excluding hydrogens is 320 g/mol. The van der Waals surface area contributed by atoms with Crippen molar-refractivity contribution >= 4 is 15.9 Å². The first-order chi connectivity index (χ1) is 9.67. The normalized spacial score (nSPS) is 18.2. The molecule has 5 heteroatoms. The van der Waals surface area contributed by atoms with Gasteiger partial charge in [-0.1, -0.05) is 15.9 Å². The van der Waals surface area contributed by atoms with E-state index >= 15 is 0 Å². The molecule has 2 rings (SSSR count). The summed E-state index contributed by atoms with van der Waals surface area (Å²) in [6, 6.07) is 6.75. The van der Waals surface area contributed by atoms with Gasteiger partial charge in [-0.15, -0.1) is 0 Å². The Morgan fingerprint density at radius 2 is 2.15 bits per heavy atom. The Morgan fingerprint density at radius 1 is 1.45 bits per heavy atom. The Morgan fingerprint density at radius 3 is 2.75 bits per heavy atom. The summed E-state index contributed by atoms with van der Waals surface area (Å²) in [6.45, 7) is 2.26. The third-order valence-corrected chi connectivity index (χ3v) is 4.77. The van der Waals surface area contributed by atoms with Gasteiger partial charge in [-0.2, -0.15) is 0 Å². The van der Waals surface area contributed by atoms with Crippen LogP contribution in [0.5, 0.6) is 5.75 Å². The van der Waals surface area contributed by atoms with Crippen LogP contribution in [0.25, 0.3) is 0 Å². The van der Waals surface area contributed by atoms with Gasteiger partial charge in [0.05, 0.1) is 7.11 Å². The average Bonchev–Trinajstić information content (AvgIpc) is 2.50. The maximum absolute atomic E-state index is 6.04. The zero-order chi connectivity index (χ0) is 14.5. The third-order valence-electron chi connectivity index (χ3n) is 4.04. The number of nitrogens with two attached hydrogens (primary N) is 1. The van der Waals surface area contributed by atoms with Crippen molar-refractivity contribution in [1.29, 1.82) is 0 Å². The molecule has 1 aliphatic rings. The van der Waals surface area contributed by atoms with Crippen LogP contribution in [0.1, 0.15) is 24.4 Å². The van der Waals surface area contributed by atoms with Gasteiger partial charge in [0.25, 0.3) is 0 Å². The van der Waals surface area contributed by atoms with Gasteiger partial charge in [-0.3, -0.25) is 4.90 Å². The van der Waals surface area contributed by atoms with Crippen molar-refractivity contribution < 1.29 is 9.47 Å². The summed E-state index contributed by atoms with van der Waals surface area (Å²) in [5, 5.41) is 0. The summed E-state index contributed by atoms with van der Waals surface area (Å²) in [7, 11) is 3.84. The Bertz CT molecular complexity index is 436. The van der Waals surface area contributed by atoms with E-state index in [1.165, 1.54) is 5.56 Å². The van der Waals surface area contributed by atoms with E-state index in [0.29, 0.717) is 12.6 Å². The molecule has 1 fully saturated rings. The first kappa shape index (κ1) is 15.8. The fraction of sp³-hybridized carbons (Fsp3) is 0.600. The summed E-state index contributed by atoms with van der Waals surface area (Å²) in [6.07, 6.45) is 2.13. The molecule has 1 aromatic carbocycles. The highest BCUT2D eigenvalue weighted by Gasteiger charge is 2.26. The molecule has 0 amide bonds. The topological polar surface area (TPSA) is 47.7 Å². The molecule has 1 heterocycles. The molecular formula is C15H23BrN2O2. The minimum absolute atomic E-state index is 0.183. The molecule has 112 valence electrons. The quantitative estimate of drug-likeness (QED) is 0.893. The number of halogens is 1. The number of nitrogens with zero attached hydrogens (tertiary/aromatic N) is 1. The molecule has 2 N–H and O–H groups in total. The van der Waals surface area contributed by atoms with Crippen LogP contribution in [-0.2, 0) is 4.74 Å². The molecule has 1 unspecified atom stereocenters. The first-order valence-electron chi connectivity index (χ1n) is 7.00. The standard InChI is InChI=1S/C15H23BrN2O2/c1-18(11-5-7-20-8-6-11)15(10-17)13-9-12(19-2)3-4-14(13)16/h3-4,9,11,15H,5-8,10,17H2,1-2H3. The van der Waals surface area contributed by atoms with E-state index in [1.807, 2.05) is 12.1 Å². The SMILES string of the molecule is COc1ccc(Br)c(C(CN)N(C)C2CCOCC2)c1. The molecule has 20 heavy (non-hydrogen) atoms. The van der Waals surface area contributed by atoms with Crippen LogP contribution >= 0.6 is 15.9 Å². The summed E-state index contributed by atoms with van der Waals surface area (Å²) in [4.78, 5) is 2.38. The minimum atomic E-state index is 0.183. The predicted octanol–water partition coefficient (Wildman–Crippen LogP) is 2.57. The molecule has 0 saturated carbocycles. The highest BCUT2D eigenvalue weighted by atomic mass is 79.9. The lowest BCUT2D eigenvalue weighted by Gasteiger charge is -2.37. The van der Waals surface area contributed by atoms with Crippen LogP contribution in [0, 0.1) is 0 Å². The van der Waals surface area contributed by atoms with Crippen molar-refractivity contribution in [2.24, 2.45) is 5.73 Å². The van der Waals surface area contributed by atoms with Crippen molar-refractivity contribution in [2.45, 2.75) is 24.9 Å². The second kappa shape index (κ2) is 7.41. The van der Waals surface area contributed by atoms with Crippen LogP contribution in [-0.4, -0.2) is 44.9 Å². The average molecular weight is 343 g/mol. The molecule has 0 aromatic heterocycles. The van der Waals surface area contributed by atoms with E-state index in [9.17, 15) is 0 Å². The lowest BCUT2D eigenvalue weighted by Crippen LogP contribution is -2.41. The molecule has 0 spiro atoms. The number of methoxy groups -OCH3 is 1. The highest BCUT2D eigenvalue weighted by molar-refractivity contribution is 9.10. The van der Waals surface area contributed by atoms with Crippen molar-refractivity contribution in [3.05, 3.63) is 28.2 Å². The predicted molar refractivity (Wildman–Crippen MR) is 84.1 cm³/mol. The van der Waals surface area contributed by atoms with Gasteiger partial charge in [-0.25, -0.2) is 0 Å². The number of hydrogen-bond acceptors (Lipinski definition) is 4. The van der Waals surface area contributed by atoms with Gasteiger partial charge in [0.1, 0.15) is 5.75 Å². The van der Waals surface area contributed by atoms with Crippen LogP contribution in [0.15, 0.2) is 22.7 Å². The lowest BCUT2D eigenvalue weighted by molar-refractivity contribution is 0.0292. The van der Waals surface area contributed by atoms with Gasteiger partial charge in [-0.05, 0) is 43.7 Å². The zero-order valence-electron chi connectivity index (χ0n) is 12.1. The van der Waals surface area contributed by atoms with E-state index in [-0.39, 0.29) is 6.04 Å². The van der Waals surface area contributed by atoms with Crippen molar-refractivity contribution in [1.82, 2.24) is 4.90 Å².